The number of halogens is 2. The van der Waals surface area contributed by atoms with Crippen molar-refractivity contribution in [3.8, 4) is 28.5 Å². The van der Waals surface area contributed by atoms with Gasteiger partial charge in [0.2, 0.25) is 0 Å². The molecule has 0 radical (unpaired) electrons. The van der Waals surface area contributed by atoms with E-state index in [0.717, 1.165) is 65.1 Å². The summed E-state index contributed by atoms with van der Waals surface area (Å²) < 4.78 is 21.0. The molecule has 36 heavy (non-hydrogen) atoms. The molecule has 5 nitrogen and oxygen atoms in total. The molecule has 188 valence electrons. The number of phenols is 2. The van der Waals surface area contributed by atoms with Crippen LogP contribution in [0.3, 0.4) is 0 Å². The lowest BCUT2D eigenvalue weighted by atomic mass is 10.1. The van der Waals surface area contributed by atoms with Crippen LogP contribution in [-0.4, -0.2) is 52.6 Å². The Bertz CT molecular complexity index is 1370. The predicted octanol–water partition coefficient (Wildman–Crippen LogP) is 6.40. The summed E-state index contributed by atoms with van der Waals surface area (Å²) >= 11 is 6.54. The van der Waals surface area contributed by atoms with Gasteiger partial charge in [-0.2, -0.15) is 0 Å². The molecule has 1 saturated heterocycles. The van der Waals surface area contributed by atoms with Crippen molar-refractivity contribution in [3.63, 3.8) is 0 Å². The Hall–Kier alpha value is -3.22. The summed E-state index contributed by atoms with van der Waals surface area (Å²) in [5.41, 5.74) is 4.85. The number of likely N-dealkylation sites (tertiary alicyclic amines) is 1. The first-order valence-corrected chi connectivity index (χ1v) is 12.6. The van der Waals surface area contributed by atoms with Crippen molar-refractivity contribution in [1.82, 2.24) is 9.47 Å². The van der Waals surface area contributed by atoms with Gasteiger partial charge < -0.3 is 19.5 Å². The monoisotopic (exact) mass is 508 g/mol. The Kier molecular flexibility index (Phi) is 7.08. The van der Waals surface area contributed by atoms with E-state index in [-0.39, 0.29) is 24.1 Å². The highest BCUT2D eigenvalue weighted by Gasteiger charge is 2.22. The van der Waals surface area contributed by atoms with Gasteiger partial charge >= 0.3 is 0 Å². The minimum atomic E-state index is -0.239. The zero-order chi connectivity index (χ0) is 25.2. The molecular formula is C29H30ClFN2O3. The Labute approximate surface area is 215 Å². The number of aromatic hydroxyl groups is 2. The number of hydrogen-bond donors (Lipinski definition) is 2. The van der Waals surface area contributed by atoms with E-state index in [1.165, 1.54) is 0 Å². The first-order chi connectivity index (χ1) is 17.4. The molecule has 0 aliphatic carbocycles. The highest BCUT2D eigenvalue weighted by Crippen LogP contribution is 2.39. The van der Waals surface area contributed by atoms with E-state index in [1.54, 1.807) is 24.3 Å². The van der Waals surface area contributed by atoms with Crippen LogP contribution in [0.1, 0.15) is 17.5 Å². The molecule has 1 aromatic heterocycles. The fourth-order valence-corrected chi connectivity index (χ4v) is 5.39. The van der Waals surface area contributed by atoms with E-state index in [2.05, 4.69) is 9.47 Å². The molecule has 0 bridgehead atoms. The number of aryl methyl sites for hydroxylation is 1. The van der Waals surface area contributed by atoms with Crippen molar-refractivity contribution in [2.24, 2.45) is 5.92 Å². The lowest BCUT2D eigenvalue weighted by Crippen LogP contribution is -2.26. The van der Waals surface area contributed by atoms with Gasteiger partial charge in [-0.1, -0.05) is 23.7 Å². The Morgan fingerprint density at radius 2 is 1.78 bits per heavy atom. The summed E-state index contributed by atoms with van der Waals surface area (Å²) in [6.45, 7) is 5.50. The number of aromatic nitrogens is 1. The lowest BCUT2D eigenvalue weighted by Gasteiger charge is -2.16. The van der Waals surface area contributed by atoms with E-state index in [4.69, 9.17) is 16.3 Å². The van der Waals surface area contributed by atoms with Gasteiger partial charge in [0.1, 0.15) is 23.9 Å². The third-order valence-corrected chi connectivity index (χ3v) is 7.35. The molecule has 0 amide bonds. The van der Waals surface area contributed by atoms with Crippen LogP contribution < -0.4 is 4.74 Å². The maximum atomic E-state index is 12.8. The normalized spacial score (nSPS) is 16.1. The van der Waals surface area contributed by atoms with Gasteiger partial charge in [0.25, 0.3) is 0 Å². The largest absolute Gasteiger partial charge is 0.508 e. The van der Waals surface area contributed by atoms with Gasteiger partial charge in [-0.25, -0.2) is 0 Å². The molecule has 1 unspecified atom stereocenters. The van der Waals surface area contributed by atoms with Gasteiger partial charge in [-0.3, -0.25) is 9.29 Å². The zero-order valence-electron chi connectivity index (χ0n) is 20.3. The van der Waals surface area contributed by atoms with Crippen molar-refractivity contribution < 1.29 is 19.3 Å². The van der Waals surface area contributed by atoms with E-state index >= 15 is 0 Å². The average Bonchev–Trinajstić information content (AvgIpc) is 3.43. The Morgan fingerprint density at radius 3 is 2.50 bits per heavy atom. The van der Waals surface area contributed by atoms with Crippen molar-refractivity contribution in [3.05, 3.63) is 76.8 Å². The molecule has 7 heteroatoms. The van der Waals surface area contributed by atoms with Crippen molar-refractivity contribution in [1.29, 1.82) is 0 Å². The zero-order valence-corrected chi connectivity index (χ0v) is 21.0. The quantitative estimate of drug-likeness (QED) is 0.289. The molecule has 0 spiro atoms. The summed E-state index contributed by atoms with van der Waals surface area (Å²) in [5, 5.41) is 21.4. The number of hydrogen-bond acceptors (Lipinski definition) is 4. The third kappa shape index (κ3) is 5.01. The first-order valence-electron chi connectivity index (χ1n) is 12.2. The highest BCUT2D eigenvalue weighted by atomic mass is 35.5. The summed E-state index contributed by atoms with van der Waals surface area (Å²) in [6.07, 6.45) is 0.926. The van der Waals surface area contributed by atoms with E-state index in [0.29, 0.717) is 18.2 Å². The first kappa shape index (κ1) is 24.5. The molecule has 4 aromatic rings. The Balaban J connectivity index is 1.37. The molecule has 2 N–H and O–H groups in total. The molecule has 2 heterocycles. The molecule has 3 aromatic carbocycles. The van der Waals surface area contributed by atoms with Crippen LogP contribution in [0.2, 0.25) is 5.02 Å². The third-order valence-electron chi connectivity index (χ3n) is 7.04. The number of phenolic OH excluding ortho intramolecular Hbond substituents is 2. The predicted molar refractivity (Wildman–Crippen MR) is 142 cm³/mol. The van der Waals surface area contributed by atoms with Crippen LogP contribution in [-0.2, 0) is 6.54 Å². The molecule has 1 fully saturated rings. The van der Waals surface area contributed by atoms with Crippen molar-refractivity contribution >= 4 is 22.5 Å². The van der Waals surface area contributed by atoms with E-state index in [9.17, 15) is 14.6 Å². The summed E-state index contributed by atoms with van der Waals surface area (Å²) in [7, 11) is 0. The number of rotatable bonds is 8. The summed E-state index contributed by atoms with van der Waals surface area (Å²) in [6, 6.07) is 18.4. The minimum absolute atomic E-state index is 0.115. The summed E-state index contributed by atoms with van der Waals surface area (Å²) in [5.74, 6) is 1.30. The van der Waals surface area contributed by atoms with Crippen LogP contribution in [0, 0.1) is 12.8 Å². The molecule has 1 aliphatic heterocycles. The number of fused-ring (bicyclic) bond motifs is 1. The average molecular weight is 509 g/mol. The highest BCUT2D eigenvalue weighted by molar-refractivity contribution is 6.33. The fraction of sp³-hybridized carbons (Fsp3) is 0.310. The molecule has 5 rings (SSSR count). The van der Waals surface area contributed by atoms with Crippen molar-refractivity contribution in [2.75, 3.05) is 32.9 Å². The second-order valence-electron chi connectivity index (χ2n) is 9.53. The topological polar surface area (TPSA) is 57.9 Å². The Morgan fingerprint density at radius 1 is 1.03 bits per heavy atom. The van der Waals surface area contributed by atoms with Crippen LogP contribution >= 0.6 is 11.6 Å². The SMILES string of the molecule is Cc1c(-c2ccc(O)cc2Cl)n(Cc2ccc(OCCN3CCC(CF)C3)cc2)c2ccc(O)cc12. The van der Waals surface area contributed by atoms with Gasteiger partial charge in [0, 0.05) is 42.0 Å². The number of benzene rings is 3. The number of nitrogens with zero attached hydrogens (tertiary/aromatic N) is 2. The standard InChI is InChI=1S/C29H30ClFN2O3/c1-19-26-14-22(34)5-9-28(26)33(29(19)25-8-4-23(35)15-27(25)30)18-20-2-6-24(7-3-20)36-13-12-32-11-10-21(16-31)17-32/h2-9,14-15,21,34-35H,10-13,16-18H2,1H3. The lowest BCUT2D eigenvalue weighted by molar-refractivity contribution is 0.228. The second-order valence-corrected chi connectivity index (χ2v) is 9.93. The van der Waals surface area contributed by atoms with Crippen LogP contribution in [0.25, 0.3) is 22.2 Å². The summed E-state index contributed by atoms with van der Waals surface area (Å²) in [4.78, 5) is 2.26. The number of ether oxygens (including phenoxy) is 1. The number of alkyl halides is 1. The molecular weight excluding hydrogens is 479 g/mol. The second kappa shape index (κ2) is 10.4. The van der Waals surface area contributed by atoms with Crippen molar-refractivity contribution in [2.45, 2.75) is 19.9 Å². The molecule has 1 aliphatic rings. The van der Waals surface area contributed by atoms with Gasteiger partial charge in [-0.05, 0) is 79.5 Å². The van der Waals surface area contributed by atoms with Crippen LogP contribution in [0.5, 0.6) is 17.2 Å². The van der Waals surface area contributed by atoms with Gasteiger partial charge in [-0.15, -0.1) is 0 Å². The fourth-order valence-electron chi connectivity index (χ4n) is 5.13. The maximum absolute atomic E-state index is 12.8. The smallest absolute Gasteiger partial charge is 0.119 e. The van der Waals surface area contributed by atoms with Crippen LogP contribution in [0.15, 0.2) is 60.7 Å². The van der Waals surface area contributed by atoms with E-state index in [1.807, 2.05) is 43.3 Å². The van der Waals surface area contributed by atoms with Gasteiger partial charge in [0.15, 0.2) is 0 Å². The van der Waals surface area contributed by atoms with Gasteiger partial charge in [0.05, 0.1) is 17.4 Å². The molecule has 0 saturated carbocycles. The van der Waals surface area contributed by atoms with E-state index < -0.39 is 0 Å². The van der Waals surface area contributed by atoms with Crippen LogP contribution in [0.4, 0.5) is 4.39 Å². The molecule has 1 atom stereocenters. The maximum Gasteiger partial charge on any atom is 0.119 e. The minimum Gasteiger partial charge on any atom is -0.508 e.